The average Bonchev–Trinajstić information content (AvgIpc) is 3.17. The summed E-state index contributed by atoms with van der Waals surface area (Å²) < 4.78 is 12.3. The summed E-state index contributed by atoms with van der Waals surface area (Å²) in [5.41, 5.74) is 1.94. The molecule has 30 heavy (non-hydrogen) atoms. The molecule has 1 aromatic carbocycles. The normalized spacial score (nSPS) is 11.0. The molecule has 0 aliphatic rings. The molecule has 0 spiro atoms. The van der Waals surface area contributed by atoms with Gasteiger partial charge in [-0.15, -0.1) is 0 Å². The van der Waals surface area contributed by atoms with E-state index in [0.29, 0.717) is 32.8 Å². The number of hydrogen-bond donors (Lipinski definition) is 0. The van der Waals surface area contributed by atoms with Crippen LogP contribution in [0.5, 0.6) is 0 Å². The first kappa shape index (κ1) is 23.4. The smallest absolute Gasteiger partial charge is 0.247 e. The van der Waals surface area contributed by atoms with E-state index in [2.05, 4.69) is 0 Å². The molecule has 0 N–H and O–H groups in total. The summed E-state index contributed by atoms with van der Waals surface area (Å²) in [4.78, 5) is 29.0. The van der Waals surface area contributed by atoms with Gasteiger partial charge in [0.15, 0.2) is 0 Å². The van der Waals surface area contributed by atoms with Crippen LogP contribution in [0.15, 0.2) is 54.7 Å². The van der Waals surface area contributed by atoms with Crippen LogP contribution in [0.4, 0.5) is 0 Å². The molecule has 1 aromatic heterocycles. The zero-order chi connectivity index (χ0) is 21.8. The van der Waals surface area contributed by atoms with Crippen molar-refractivity contribution >= 4 is 17.9 Å². The highest BCUT2D eigenvalue weighted by molar-refractivity contribution is 5.94. The lowest BCUT2D eigenvalue weighted by Crippen LogP contribution is -2.44. The highest BCUT2D eigenvalue weighted by Crippen LogP contribution is 2.08. The van der Waals surface area contributed by atoms with Gasteiger partial charge in [0.1, 0.15) is 6.54 Å². The first-order chi connectivity index (χ1) is 14.5. The van der Waals surface area contributed by atoms with Crippen molar-refractivity contribution in [1.29, 1.82) is 0 Å². The standard InChI is InChI=1S/C23H31N3O4/c1-24-13-7-10-21(24)18-25(14-16-29-2)23(28)19-26(15-17-30-3)22(27)12-11-20-8-5-4-6-9-20/h4-13H,14-19H2,1-3H3. The van der Waals surface area contributed by atoms with E-state index in [0.717, 1.165) is 11.3 Å². The molecule has 0 unspecified atom stereocenters. The predicted molar refractivity (Wildman–Crippen MR) is 117 cm³/mol. The molecule has 0 saturated heterocycles. The van der Waals surface area contributed by atoms with E-state index in [1.165, 1.54) is 11.0 Å². The average molecular weight is 414 g/mol. The molecule has 0 atom stereocenters. The zero-order valence-corrected chi connectivity index (χ0v) is 18.0. The van der Waals surface area contributed by atoms with Crippen LogP contribution in [0.2, 0.25) is 0 Å². The Kier molecular flexibility index (Phi) is 9.83. The van der Waals surface area contributed by atoms with Crippen molar-refractivity contribution in [3.05, 3.63) is 66.0 Å². The highest BCUT2D eigenvalue weighted by Gasteiger charge is 2.21. The molecule has 162 valence electrons. The summed E-state index contributed by atoms with van der Waals surface area (Å²) in [5, 5.41) is 0. The summed E-state index contributed by atoms with van der Waals surface area (Å²) in [6.45, 7) is 2.01. The van der Waals surface area contributed by atoms with Crippen LogP contribution in [0.25, 0.3) is 6.08 Å². The third-order valence-corrected chi connectivity index (χ3v) is 4.74. The van der Waals surface area contributed by atoms with Gasteiger partial charge in [-0.05, 0) is 23.8 Å². The van der Waals surface area contributed by atoms with Gasteiger partial charge in [0.2, 0.25) is 11.8 Å². The highest BCUT2D eigenvalue weighted by atomic mass is 16.5. The molecule has 0 aliphatic heterocycles. The number of aromatic nitrogens is 1. The number of aryl methyl sites for hydroxylation is 1. The minimum absolute atomic E-state index is 0.0184. The van der Waals surface area contributed by atoms with E-state index < -0.39 is 0 Å². The number of carbonyl (C=O) groups is 2. The molecule has 0 fully saturated rings. The molecule has 7 nitrogen and oxygen atoms in total. The van der Waals surface area contributed by atoms with Crippen molar-refractivity contribution in [1.82, 2.24) is 14.4 Å². The molecular weight excluding hydrogens is 382 g/mol. The Hall–Kier alpha value is -2.90. The Morgan fingerprint density at radius 1 is 0.967 bits per heavy atom. The van der Waals surface area contributed by atoms with Crippen LogP contribution < -0.4 is 0 Å². The summed E-state index contributed by atoms with van der Waals surface area (Å²) in [6, 6.07) is 13.5. The summed E-state index contributed by atoms with van der Waals surface area (Å²) in [5.74, 6) is -0.361. The number of amides is 2. The quantitative estimate of drug-likeness (QED) is 0.501. The van der Waals surface area contributed by atoms with Gasteiger partial charge in [0, 0.05) is 52.3 Å². The molecular formula is C23H31N3O4. The first-order valence-electron chi connectivity index (χ1n) is 9.93. The SMILES string of the molecule is COCCN(CC(=O)N(CCOC)Cc1cccn1C)C(=O)C=Cc1ccccc1. The van der Waals surface area contributed by atoms with E-state index in [9.17, 15) is 9.59 Å². The van der Waals surface area contributed by atoms with Crippen molar-refractivity contribution in [3.8, 4) is 0 Å². The fourth-order valence-corrected chi connectivity index (χ4v) is 2.92. The van der Waals surface area contributed by atoms with E-state index in [1.54, 1.807) is 25.2 Å². The second-order valence-electron chi connectivity index (χ2n) is 6.92. The van der Waals surface area contributed by atoms with Crippen molar-refractivity contribution < 1.29 is 19.1 Å². The summed E-state index contributed by atoms with van der Waals surface area (Å²) in [7, 11) is 5.12. The molecule has 0 bridgehead atoms. The molecule has 2 amide bonds. The maximum Gasteiger partial charge on any atom is 0.247 e. The van der Waals surface area contributed by atoms with Crippen molar-refractivity contribution in [2.45, 2.75) is 6.54 Å². The van der Waals surface area contributed by atoms with Crippen LogP contribution in [0.1, 0.15) is 11.3 Å². The molecule has 1 heterocycles. The van der Waals surface area contributed by atoms with Gasteiger partial charge in [-0.1, -0.05) is 30.3 Å². The van der Waals surface area contributed by atoms with Gasteiger partial charge in [-0.25, -0.2) is 0 Å². The number of ether oxygens (including phenoxy) is 2. The molecule has 7 heteroatoms. The summed E-state index contributed by atoms with van der Waals surface area (Å²) >= 11 is 0. The Morgan fingerprint density at radius 3 is 2.23 bits per heavy atom. The Morgan fingerprint density at radius 2 is 1.63 bits per heavy atom. The molecule has 0 radical (unpaired) electrons. The predicted octanol–water partition coefficient (Wildman–Crippen LogP) is 2.19. The topological polar surface area (TPSA) is 64.0 Å². The van der Waals surface area contributed by atoms with E-state index >= 15 is 0 Å². The minimum atomic E-state index is -0.227. The maximum absolute atomic E-state index is 13.0. The van der Waals surface area contributed by atoms with E-state index in [-0.39, 0.29) is 18.4 Å². The molecule has 2 rings (SSSR count). The minimum Gasteiger partial charge on any atom is -0.383 e. The first-order valence-corrected chi connectivity index (χ1v) is 9.93. The fraction of sp³-hybridized carbons (Fsp3) is 0.391. The second-order valence-corrected chi connectivity index (χ2v) is 6.92. The lowest BCUT2D eigenvalue weighted by Gasteiger charge is -2.27. The number of carbonyl (C=O) groups excluding carboxylic acids is 2. The fourth-order valence-electron chi connectivity index (χ4n) is 2.92. The van der Waals surface area contributed by atoms with Crippen LogP contribution in [-0.4, -0.2) is 73.2 Å². The molecule has 0 saturated carbocycles. The van der Waals surface area contributed by atoms with Crippen molar-refractivity contribution in [3.63, 3.8) is 0 Å². The van der Waals surface area contributed by atoms with Crippen molar-refractivity contribution in [2.24, 2.45) is 7.05 Å². The molecule has 2 aromatic rings. The van der Waals surface area contributed by atoms with Gasteiger partial charge in [-0.2, -0.15) is 0 Å². The number of benzene rings is 1. The third kappa shape index (κ3) is 7.50. The third-order valence-electron chi connectivity index (χ3n) is 4.74. The zero-order valence-electron chi connectivity index (χ0n) is 18.0. The maximum atomic E-state index is 13.0. The molecule has 0 aliphatic carbocycles. The largest absolute Gasteiger partial charge is 0.383 e. The van der Waals surface area contributed by atoms with Crippen LogP contribution in [0, 0.1) is 0 Å². The Balaban J connectivity index is 2.08. The number of hydrogen-bond acceptors (Lipinski definition) is 4. The Labute approximate surface area is 178 Å². The van der Waals surface area contributed by atoms with Gasteiger partial charge >= 0.3 is 0 Å². The monoisotopic (exact) mass is 413 g/mol. The van der Waals surface area contributed by atoms with Crippen LogP contribution in [0.3, 0.4) is 0 Å². The van der Waals surface area contributed by atoms with E-state index in [4.69, 9.17) is 9.47 Å². The van der Waals surface area contributed by atoms with Crippen molar-refractivity contribution in [2.75, 3.05) is 47.1 Å². The second kappa shape index (κ2) is 12.6. The van der Waals surface area contributed by atoms with Gasteiger partial charge in [0.25, 0.3) is 0 Å². The van der Waals surface area contributed by atoms with Crippen LogP contribution in [-0.2, 0) is 32.7 Å². The lowest BCUT2D eigenvalue weighted by molar-refractivity contribution is -0.139. The lowest BCUT2D eigenvalue weighted by atomic mass is 10.2. The van der Waals surface area contributed by atoms with E-state index in [1.807, 2.05) is 60.3 Å². The van der Waals surface area contributed by atoms with Gasteiger partial charge < -0.3 is 23.8 Å². The van der Waals surface area contributed by atoms with Gasteiger partial charge in [0.05, 0.1) is 19.8 Å². The Bertz CT molecular complexity index is 817. The van der Waals surface area contributed by atoms with Crippen LogP contribution >= 0.6 is 0 Å². The number of nitrogens with zero attached hydrogens (tertiary/aromatic N) is 3. The summed E-state index contributed by atoms with van der Waals surface area (Å²) in [6.07, 6.45) is 5.19. The van der Waals surface area contributed by atoms with Gasteiger partial charge in [-0.3, -0.25) is 9.59 Å². The number of rotatable bonds is 12. The number of methoxy groups -OCH3 is 2.